The Bertz CT molecular complexity index is 944. The fourth-order valence-electron chi connectivity index (χ4n) is 2.33. The van der Waals surface area contributed by atoms with Crippen LogP contribution < -0.4 is 5.32 Å². The van der Waals surface area contributed by atoms with Crippen molar-refractivity contribution < 1.29 is 14.1 Å². The van der Waals surface area contributed by atoms with Crippen LogP contribution in [0.5, 0.6) is 0 Å². The fourth-order valence-corrected chi connectivity index (χ4v) is 3.29. The quantitative estimate of drug-likeness (QED) is 0.562. The van der Waals surface area contributed by atoms with Crippen LogP contribution in [0, 0.1) is 10.1 Å². The second kappa shape index (κ2) is 5.68. The first-order valence-electron chi connectivity index (χ1n) is 7.38. The molecule has 9 heteroatoms. The van der Waals surface area contributed by atoms with E-state index in [-0.39, 0.29) is 18.1 Å². The number of nitrogens with zero attached hydrogens (tertiary/aromatic N) is 3. The second-order valence-electron chi connectivity index (χ2n) is 5.58. The Labute approximate surface area is 139 Å². The van der Waals surface area contributed by atoms with Gasteiger partial charge in [0.25, 0.3) is 11.6 Å². The van der Waals surface area contributed by atoms with E-state index in [1.165, 1.54) is 23.5 Å². The van der Waals surface area contributed by atoms with Crippen molar-refractivity contribution in [1.29, 1.82) is 0 Å². The van der Waals surface area contributed by atoms with Crippen LogP contribution in [0.15, 0.2) is 28.7 Å². The molecule has 1 fully saturated rings. The van der Waals surface area contributed by atoms with Gasteiger partial charge in [-0.2, -0.15) is 0 Å². The Kier molecular flexibility index (Phi) is 3.49. The molecular formula is C15H12N4O4S. The third-order valence-corrected chi connectivity index (χ3v) is 4.86. The van der Waals surface area contributed by atoms with Crippen molar-refractivity contribution in [2.45, 2.75) is 25.3 Å². The fraction of sp³-hybridized carbons (Fsp3) is 0.267. The molecule has 1 N–H and O–H groups in total. The molecule has 3 aromatic rings. The van der Waals surface area contributed by atoms with Crippen LogP contribution in [-0.2, 0) is 6.54 Å². The van der Waals surface area contributed by atoms with Crippen LogP contribution in [0.2, 0.25) is 0 Å². The Hall–Kier alpha value is -2.81. The Balaban J connectivity index is 1.46. The van der Waals surface area contributed by atoms with Crippen LogP contribution in [0.25, 0.3) is 10.1 Å². The Morgan fingerprint density at radius 2 is 2.21 bits per heavy atom. The van der Waals surface area contributed by atoms with E-state index < -0.39 is 4.92 Å². The highest BCUT2D eigenvalue weighted by atomic mass is 32.1. The number of nitro benzene ring substituents is 1. The van der Waals surface area contributed by atoms with Gasteiger partial charge in [0.05, 0.1) is 16.3 Å². The summed E-state index contributed by atoms with van der Waals surface area (Å²) >= 11 is 1.28. The zero-order chi connectivity index (χ0) is 16.7. The number of benzene rings is 1. The lowest BCUT2D eigenvalue weighted by molar-refractivity contribution is -0.384. The van der Waals surface area contributed by atoms with Gasteiger partial charge >= 0.3 is 0 Å². The average molecular weight is 344 g/mol. The van der Waals surface area contributed by atoms with E-state index in [1.54, 1.807) is 12.1 Å². The molecule has 4 rings (SSSR count). The van der Waals surface area contributed by atoms with Crippen molar-refractivity contribution in [2.75, 3.05) is 0 Å². The molecule has 0 radical (unpaired) electrons. The molecule has 1 aliphatic rings. The van der Waals surface area contributed by atoms with E-state index in [0.717, 1.165) is 17.5 Å². The van der Waals surface area contributed by atoms with E-state index in [4.69, 9.17) is 4.42 Å². The predicted molar refractivity (Wildman–Crippen MR) is 85.9 cm³/mol. The second-order valence-corrected chi connectivity index (χ2v) is 6.66. The molecule has 0 saturated heterocycles. The molecule has 1 amide bonds. The third-order valence-electron chi connectivity index (χ3n) is 3.74. The first-order chi connectivity index (χ1) is 11.6. The number of non-ortho nitro benzene ring substituents is 1. The van der Waals surface area contributed by atoms with Gasteiger partial charge in [-0.3, -0.25) is 14.9 Å². The maximum atomic E-state index is 12.2. The summed E-state index contributed by atoms with van der Waals surface area (Å²) < 4.78 is 6.31. The predicted octanol–water partition coefficient (Wildman–Crippen LogP) is 3.00. The van der Waals surface area contributed by atoms with Gasteiger partial charge < -0.3 is 9.73 Å². The summed E-state index contributed by atoms with van der Waals surface area (Å²) in [6.07, 6.45) is 2.14. The van der Waals surface area contributed by atoms with E-state index in [9.17, 15) is 14.9 Å². The SMILES string of the molecule is O=C(NCc1nnc(C2CC2)o1)c1cc2cc([N+](=O)[O-])ccc2s1. The summed E-state index contributed by atoms with van der Waals surface area (Å²) in [6.45, 7) is 0.160. The highest BCUT2D eigenvalue weighted by Gasteiger charge is 2.29. The normalized spacial score (nSPS) is 14.0. The first kappa shape index (κ1) is 14.8. The van der Waals surface area contributed by atoms with E-state index >= 15 is 0 Å². The molecule has 24 heavy (non-hydrogen) atoms. The van der Waals surface area contributed by atoms with Crippen LogP contribution in [-0.4, -0.2) is 21.0 Å². The number of hydrogen-bond acceptors (Lipinski definition) is 7. The molecule has 1 aliphatic carbocycles. The minimum Gasteiger partial charge on any atom is -0.423 e. The Morgan fingerprint density at radius 3 is 2.96 bits per heavy atom. The van der Waals surface area contributed by atoms with Crippen LogP contribution in [0.1, 0.15) is 40.2 Å². The van der Waals surface area contributed by atoms with Crippen molar-refractivity contribution >= 4 is 33.0 Å². The maximum Gasteiger partial charge on any atom is 0.270 e. The molecule has 0 spiro atoms. The van der Waals surface area contributed by atoms with Crippen molar-refractivity contribution in [3.63, 3.8) is 0 Å². The number of hydrogen-bond donors (Lipinski definition) is 1. The van der Waals surface area contributed by atoms with Crippen LogP contribution in [0.3, 0.4) is 0 Å². The number of carbonyl (C=O) groups is 1. The molecule has 0 aliphatic heterocycles. The van der Waals surface area contributed by atoms with Gasteiger partial charge in [-0.25, -0.2) is 0 Å². The summed E-state index contributed by atoms with van der Waals surface area (Å²) in [5, 5.41) is 22.1. The number of nitrogens with one attached hydrogen (secondary N) is 1. The number of aromatic nitrogens is 2. The number of fused-ring (bicyclic) bond motifs is 1. The van der Waals surface area contributed by atoms with Gasteiger partial charge in [0, 0.05) is 28.1 Å². The largest absolute Gasteiger partial charge is 0.423 e. The molecule has 0 atom stereocenters. The number of amides is 1. The highest BCUT2D eigenvalue weighted by Crippen LogP contribution is 2.39. The topological polar surface area (TPSA) is 111 Å². The molecule has 1 saturated carbocycles. The zero-order valence-corrected chi connectivity index (χ0v) is 13.2. The lowest BCUT2D eigenvalue weighted by Crippen LogP contribution is -2.21. The van der Waals surface area contributed by atoms with Crippen molar-refractivity contribution in [3.8, 4) is 0 Å². The van der Waals surface area contributed by atoms with Gasteiger partial charge in [-0.15, -0.1) is 21.5 Å². The molecule has 2 aromatic heterocycles. The molecule has 1 aromatic carbocycles. The van der Waals surface area contributed by atoms with E-state index in [2.05, 4.69) is 15.5 Å². The minimum absolute atomic E-state index is 0.00530. The number of thiophene rings is 1. The van der Waals surface area contributed by atoms with Gasteiger partial charge in [-0.05, 0) is 25.0 Å². The summed E-state index contributed by atoms with van der Waals surface area (Å²) in [4.78, 5) is 23.1. The molecule has 8 nitrogen and oxygen atoms in total. The van der Waals surface area contributed by atoms with E-state index in [1.807, 2.05) is 0 Å². The molecule has 122 valence electrons. The third kappa shape index (κ3) is 2.85. The lowest BCUT2D eigenvalue weighted by Gasteiger charge is -1.98. The summed E-state index contributed by atoms with van der Waals surface area (Å²) in [7, 11) is 0. The minimum atomic E-state index is -0.454. The number of rotatable bonds is 5. The number of carbonyl (C=O) groups excluding carboxylic acids is 1. The Morgan fingerprint density at radius 1 is 1.38 bits per heavy atom. The van der Waals surface area contributed by atoms with Crippen LogP contribution in [0.4, 0.5) is 5.69 Å². The van der Waals surface area contributed by atoms with Gasteiger partial charge in [0.1, 0.15) is 0 Å². The smallest absolute Gasteiger partial charge is 0.270 e. The lowest BCUT2D eigenvalue weighted by atomic mass is 10.2. The maximum absolute atomic E-state index is 12.2. The molecular weight excluding hydrogens is 332 g/mol. The first-order valence-corrected chi connectivity index (χ1v) is 8.20. The summed E-state index contributed by atoms with van der Waals surface area (Å²) in [5.41, 5.74) is 0.00530. The van der Waals surface area contributed by atoms with E-state index in [0.29, 0.717) is 28.0 Å². The van der Waals surface area contributed by atoms with Gasteiger partial charge in [-0.1, -0.05) is 0 Å². The molecule has 2 heterocycles. The monoisotopic (exact) mass is 344 g/mol. The average Bonchev–Trinajstić information content (AvgIpc) is 3.16. The summed E-state index contributed by atoms with van der Waals surface area (Å²) in [6, 6.07) is 6.18. The van der Waals surface area contributed by atoms with Crippen molar-refractivity contribution in [3.05, 3.63) is 51.0 Å². The van der Waals surface area contributed by atoms with Gasteiger partial charge in [0.15, 0.2) is 0 Å². The van der Waals surface area contributed by atoms with Crippen LogP contribution >= 0.6 is 11.3 Å². The van der Waals surface area contributed by atoms with Gasteiger partial charge in [0.2, 0.25) is 11.8 Å². The highest BCUT2D eigenvalue weighted by molar-refractivity contribution is 7.20. The standard InChI is InChI=1S/C15H12N4O4S/c20-14(16-7-13-17-18-15(23-13)8-1-2-8)12-6-9-5-10(19(21)22)3-4-11(9)24-12/h3-6,8H,1-2,7H2,(H,16,20). The number of nitro groups is 1. The van der Waals surface area contributed by atoms with Crippen molar-refractivity contribution in [1.82, 2.24) is 15.5 Å². The zero-order valence-electron chi connectivity index (χ0n) is 12.4. The summed E-state index contributed by atoms with van der Waals surface area (Å²) in [5.74, 6) is 1.11. The van der Waals surface area contributed by atoms with Crippen molar-refractivity contribution in [2.24, 2.45) is 0 Å². The molecule has 0 unspecified atom stereocenters. The molecule has 0 bridgehead atoms.